The molecule has 78 valence electrons. The molecule has 0 amide bonds. The van der Waals surface area contributed by atoms with Gasteiger partial charge in [0.1, 0.15) is 0 Å². The molecule has 1 aromatic rings. The second-order valence-corrected chi connectivity index (χ2v) is 4.28. The summed E-state index contributed by atoms with van der Waals surface area (Å²) in [7, 11) is 0. The first-order valence-corrected chi connectivity index (χ1v) is 5.54. The molecule has 0 unspecified atom stereocenters. The van der Waals surface area contributed by atoms with Gasteiger partial charge in [0.15, 0.2) is 0 Å². The monoisotopic (exact) mass is 258 g/mol. The van der Waals surface area contributed by atoms with E-state index in [1.54, 1.807) is 0 Å². The Hall–Kier alpha value is -0.380. The summed E-state index contributed by atoms with van der Waals surface area (Å²) in [6, 6.07) is 7.49. The molecule has 0 fully saturated rings. The van der Waals surface area contributed by atoms with Crippen LogP contribution in [0.25, 0.3) is 0 Å². The summed E-state index contributed by atoms with van der Waals surface area (Å²) in [5, 5.41) is 19.1. The van der Waals surface area contributed by atoms with Crippen LogP contribution < -0.4 is 0 Å². The molecule has 1 aromatic carbocycles. The molecule has 2 atom stereocenters. The van der Waals surface area contributed by atoms with E-state index in [2.05, 4.69) is 15.9 Å². The third-order valence-corrected chi connectivity index (χ3v) is 2.75. The van der Waals surface area contributed by atoms with E-state index in [9.17, 15) is 10.2 Å². The molecule has 14 heavy (non-hydrogen) atoms. The highest BCUT2D eigenvalue weighted by Gasteiger charge is 2.11. The normalized spacial score (nSPS) is 15.1. The highest BCUT2D eigenvalue weighted by molar-refractivity contribution is 9.10. The van der Waals surface area contributed by atoms with Crippen molar-refractivity contribution in [1.82, 2.24) is 0 Å². The van der Waals surface area contributed by atoms with Gasteiger partial charge in [-0.05, 0) is 24.1 Å². The molecule has 0 spiro atoms. The molecular formula is C11H15BrO2. The number of rotatable bonds is 4. The molecule has 0 heterocycles. The molecule has 0 radical (unpaired) electrons. The van der Waals surface area contributed by atoms with E-state index >= 15 is 0 Å². The Bertz CT molecular complexity index is 271. The fraction of sp³-hybridized carbons (Fsp3) is 0.455. The van der Waals surface area contributed by atoms with Crippen molar-refractivity contribution in [2.45, 2.75) is 32.0 Å². The van der Waals surface area contributed by atoms with Crippen molar-refractivity contribution >= 4 is 15.9 Å². The molecule has 0 aliphatic rings. The maximum absolute atomic E-state index is 9.74. The Labute approximate surface area is 92.7 Å². The maximum Gasteiger partial charge on any atom is 0.0814 e. The smallest absolute Gasteiger partial charge is 0.0814 e. The molecule has 3 heteroatoms. The molecule has 0 aliphatic heterocycles. The second kappa shape index (κ2) is 5.49. The summed E-state index contributed by atoms with van der Waals surface area (Å²) in [6.07, 6.45) is 0.0813. The van der Waals surface area contributed by atoms with Crippen molar-refractivity contribution in [2.24, 2.45) is 0 Å². The molecule has 0 saturated heterocycles. The largest absolute Gasteiger partial charge is 0.393 e. The zero-order valence-electron chi connectivity index (χ0n) is 8.15. The van der Waals surface area contributed by atoms with Crippen LogP contribution in [0.1, 0.15) is 31.4 Å². The van der Waals surface area contributed by atoms with Gasteiger partial charge >= 0.3 is 0 Å². The van der Waals surface area contributed by atoms with E-state index in [4.69, 9.17) is 0 Å². The van der Waals surface area contributed by atoms with Gasteiger partial charge in [0.25, 0.3) is 0 Å². The molecule has 0 aromatic heterocycles. The SMILES string of the molecule is CC[C@H](O)C[C@H](O)c1ccc(Br)cc1. The van der Waals surface area contributed by atoms with Gasteiger partial charge in [-0.3, -0.25) is 0 Å². The lowest BCUT2D eigenvalue weighted by Gasteiger charge is -2.14. The Kier molecular flexibility index (Phi) is 4.58. The minimum atomic E-state index is -0.571. The van der Waals surface area contributed by atoms with Gasteiger partial charge in [0.05, 0.1) is 12.2 Å². The van der Waals surface area contributed by atoms with Crippen LogP contribution in [0, 0.1) is 0 Å². The van der Waals surface area contributed by atoms with Gasteiger partial charge in [0, 0.05) is 10.9 Å². The van der Waals surface area contributed by atoms with Gasteiger partial charge in [-0.25, -0.2) is 0 Å². The molecule has 0 bridgehead atoms. The van der Waals surface area contributed by atoms with Crippen molar-refractivity contribution < 1.29 is 10.2 Å². The highest BCUT2D eigenvalue weighted by Crippen LogP contribution is 2.21. The summed E-state index contributed by atoms with van der Waals surface area (Å²) in [6.45, 7) is 1.90. The topological polar surface area (TPSA) is 40.5 Å². The van der Waals surface area contributed by atoms with Crippen molar-refractivity contribution in [2.75, 3.05) is 0 Å². The number of aliphatic hydroxyl groups excluding tert-OH is 2. The van der Waals surface area contributed by atoms with Crippen LogP contribution in [0.4, 0.5) is 0 Å². The van der Waals surface area contributed by atoms with E-state index in [0.717, 1.165) is 10.0 Å². The van der Waals surface area contributed by atoms with Crippen LogP contribution in [0.5, 0.6) is 0 Å². The van der Waals surface area contributed by atoms with Crippen LogP contribution in [-0.4, -0.2) is 16.3 Å². The number of benzene rings is 1. The number of aliphatic hydroxyl groups is 2. The van der Waals surface area contributed by atoms with Crippen molar-refractivity contribution in [3.63, 3.8) is 0 Å². The van der Waals surface area contributed by atoms with Crippen molar-refractivity contribution in [3.05, 3.63) is 34.3 Å². The van der Waals surface area contributed by atoms with Crippen LogP contribution in [0.3, 0.4) is 0 Å². The number of hydrogen-bond donors (Lipinski definition) is 2. The van der Waals surface area contributed by atoms with Crippen LogP contribution in [0.2, 0.25) is 0 Å². The van der Waals surface area contributed by atoms with E-state index in [0.29, 0.717) is 12.8 Å². The van der Waals surface area contributed by atoms with Crippen LogP contribution in [0.15, 0.2) is 28.7 Å². The second-order valence-electron chi connectivity index (χ2n) is 3.37. The van der Waals surface area contributed by atoms with E-state index in [-0.39, 0.29) is 0 Å². The van der Waals surface area contributed by atoms with Gasteiger partial charge < -0.3 is 10.2 Å². The Morgan fingerprint density at radius 2 is 1.79 bits per heavy atom. The zero-order valence-corrected chi connectivity index (χ0v) is 9.74. The summed E-state index contributed by atoms with van der Waals surface area (Å²) < 4.78 is 0.990. The lowest BCUT2D eigenvalue weighted by molar-refractivity contribution is 0.0784. The zero-order chi connectivity index (χ0) is 10.6. The van der Waals surface area contributed by atoms with Gasteiger partial charge in [-0.2, -0.15) is 0 Å². The first-order chi connectivity index (χ1) is 6.63. The fourth-order valence-corrected chi connectivity index (χ4v) is 1.51. The molecular weight excluding hydrogens is 244 g/mol. The molecule has 0 aliphatic carbocycles. The standard InChI is InChI=1S/C11H15BrO2/c1-2-10(13)7-11(14)8-3-5-9(12)6-4-8/h3-6,10-11,13-14H,2,7H2,1H3/t10-,11-/m0/s1. The van der Waals surface area contributed by atoms with Crippen molar-refractivity contribution in [3.8, 4) is 0 Å². The predicted molar refractivity (Wildman–Crippen MR) is 60.0 cm³/mol. The van der Waals surface area contributed by atoms with Crippen LogP contribution >= 0.6 is 15.9 Å². The van der Waals surface area contributed by atoms with E-state index in [1.807, 2.05) is 31.2 Å². The van der Waals surface area contributed by atoms with Gasteiger partial charge in [-0.15, -0.1) is 0 Å². The third-order valence-electron chi connectivity index (χ3n) is 2.22. The molecule has 0 saturated carbocycles. The van der Waals surface area contributed by atoms with Crippen LogP contribution in [-0.2, 0) is 0 Å². The average Bonchev–Trinajstić information content (AvgIpc) is 2.18. The lowest BCUT2D eigenvalue weighted by atomic mass is 10.0. The quantitative estimate of drug-likeness (QED) is 0.872. The average molecular weight is 259 g/mol. The van der Waals surface area contributed by atoms with E-state index < -0.39 is 12.2 Å². The predicted octanol–water partition coefficient (Wildman–Crippen LogP) is 2.64. The van der Waals surface area contributed by atoms with Gasteiger partial charge in [-0.1, -0.05) is 35.0 Å². The third kappa shape index (κ3) is 3.40. The van der Waals surface area contributed by atoms with Crippen molar-refractivity contribution in [1.29, 1.82) is 0 Å². The highest BCUT2D eigenvalue weighted by atomic mass is 79.9. The Morgan fingerprint density at radius 1 is 1.21 bits per heavy atom. The Balaban J connectivity index is 2.60. The lowest BCUT2D eigenvalue weighted by Crippen LogP contribution is -2.10. The summed E-state index contributed by atoms with van der Waals surface area (Å²) in [5.74, 6) is 0. The summed E-state index contributed by atoms with van der Waals surface area (Å²) >= 11 is 3.33. The summed E-state index contributed by atoms with van der Waals surface area (Å²) in [5.41, 5.74) is 0.848. The first kappa shape index (κ1) is 11.7. The number of hydrogen-bond acceptors (Lipinski definition) is 2. The minimum Gasteiger partial charge on any atom is -0.393 e. The molecule has 2 N–H and O–H groups in total. The molecule has 1 rings (SSSR count). The maximum atomic E-state index is 9.74. The molecule has 2 nitrogen and oxygen atoms in total. The van der Waals surface area contributed by atoms with E-state index in [1.165, 1.54) is 0 Å². The first-order valence-electron chi connectivity index (χ1n) is 4.75. The Morgan fingerprint density at radius 3 is 2.29 bits per heavy atom. The minimum absolute atomic E-state index is 0.401. The number of halogens is 1. The summed E-state index contributed by atoms with van der Waals surface area (Å²) in [4.78, 5) is 0. The van der Waals surface area contributed by atoms with Gasteiger partial charge in [0.2, 0.25) is 0 Å². The fourth-order valence-electron chi connectivity index (χ4n) is 1.25.